The van der Waals surface area contributed by atoms with Crippen molar-refractivity contribution in [1.29, 1.82) is 0 Å². The van der Waals surface area contributed by atoms with Crippen LogP contribution in [0.1, 0.15) is 32.6 Å². The fourth-order valence-corrected chi connectivity index (χ4v) is 2.42. The van der Waals surface area contributed by atoms with Crippen molar-refractivity contribution >= 4 is 11.6 Å². The standard InChI is InChI=1S/C15H20N4O3/c1-15(2,3)22-14(20)18-6-7-21-12(9-18)13-11-8-16-4-5-19(11)10-17-13/h4-5,8,10,12H,6-7,9H2,1-3H3. The fraction of sp³-hybridized carbons (Fsp3) is 0.533. The molecule has 1 amide bonds. The number of morpholine rings is 1. The predicted molar refractivity (Wildman–Crippen MR) is 79.5 cm³/mol. The van der Waals surface area contributed by atoms with Gasteiger partial charge in [-0.1, -0.05) is 0 Å². The third-order valence-electron chi connectivity index (χ3n) is 3.40. The maximum absolute atomic E-state index is 12.2. The van der Waals surface area contributed by atoms with Crippen LogP contribution in [0.2, 0.25) is 0 Å². The second-order valence-corrected chi connectivity index (χ2v) is 6.28. The van der Waals surface area contributed by atoms with Gasteiger partial charge in [-0.15, -0.1) is 0 Å². The van der Waals surface area contributed by atoms with Crippen LogP contribution in [0.5, 0.6) is 0 Å². The lowest BCUT2D eigenvalue weighted by molar-refractivity contribution is -0.0440. The highest BCUT2D eigenvalue weighted by atomic mass is 16.6. The van der Waals surface area contributed by atoms with E-state index in [-0.39, 0.29) is 12.2 Å². The van der Waals surface area contributed by atoms with Crippen LogP contribution in [-0.2, 0) is 9.47 Å². The normalized spacial score (nSPS) is 19.4. The number of imidazole rings is 1. The largest absolute Gasteiger partial charge is 0.444 e. The Labute approximate surface area is 128 Å². The zero-order chi connectivity index (χ0) is 15.7. The molecule has 0 aliphatic carbocycles. The predicted octanol–water partition coefficient (Wildman–Crippen LogP) is 2.04. The van der Waals surface area contributed by atoms with Gasteiger partial charge in [0, 0.05) is 18.9 Å². The maximum Gasteiger partial charge on any atom is 0.410 e. The SMILES string of the molecule is CC(C)(C)OC(=O)N1CCOC(c2ncn3ccncc23)C1. The number of carbonyl (C=O) groups is 1. The first kappa shape index (κ1) is 14.8. The monoisotopic (exact) mass is 304 g/mol. The minimum absolute atomic E-state index is 0.268. The Hall–Kier alpha value is -2.15. The van der Waals surface area contributed by atoms with Gasteiger partial charge in [0.15, 0.2) is 0 Å². The van der Waals surface area contributed by atoms with Crippen molar-refractivity contribution < 1.29 is 14.3 Å². The summed E-state index contributed by atoms with van der Waals surface area (Å²) >= 11 is 0. The fourth-order valence-electron chi connectivity index (χ4n) is 2.42. The van der Waals surface area contributed by atoms with E-state index in [9.17, 15) is 4.79 Å². The van der Waals surface area contributed by atoms with Crippen LogP contribution in [0.4, 0.5) is 4.79 Å². The Morgan fingerprint density at radius 3 is 3.05 bits per heavy atom. The number of nitrogens with zero attached hydrogens (tertiary/aromatic N) is 4. The van der Waals surface area contributed by atoms with Crippen LogP contribution < -0.4 is 0 Å². The van der Waals surface area contributed by atoms with Gasteiger partial charge in [0.25, 0.3) is 0 Å². The molecule has 0 bridgehead atoms. The molecule has 1 unspecified atom stereocenters. The van der Waals surface area contributed by atoms with Crippen LogP contribution in [0.15, 0.2) is 24.9 Å². The summed E-state index contributed by atoms with van der Waals surface area (Å²) in [7, 11) is 0. The van der Waals surface area contributed by atoms with Gasteiger partial charge in [-0.3, -0.25) is 4.98 Å². The number of hydrogen-bond donors (Lipinski definition) is 0. The van der Waals surface area contributed by atoms with Crippen molar-refractivity contribution in [2.45, 2.75) is 32.5 Å². The Bertz CT molecular complexity index is 677. The average Bonchev–Trinajstić information content (AvgIpc) is 2.89. The summed E-state index contributed by atoms with van der Waals surface area (Å²) in [6, 6.07) is 0. The molecule has 2 aromatic heterocycles. The van der Waals surface area contributed by atoms with Crippen molar-refractivity contribution in [3.05, 3.63) is 30.6 Å². The van der Waals surface area contributed by atoms with Gasteiger partial charge < -0.3 is 18.8 Å². The van der Waals surface area contributed by atoms with Crippen molar-refractivity contribution in [3.8, 4) is 0 Å². The summed E-state index contributed by atoms with van der Waals surface area (Å²) in [6.45, 7) is 6.99. The lowest BCUT2D eigenvalue weighted by atomic mass is 10.2. The molecule has 118 valence electrons. The third-order valence-corrected chi connectivity index (χ3v) is 3.40. The van der Waals surface area contributed by atoms with E-state index >= 15 is 0 Å². The average molecular weight is 304 g/mol. The number of rotatable bonds is 1. The molecule has 1 saturated heterocycles. The molecule has 1 fully saturated rings. The molecule has 3 heterocycles. The Kier molecular flexibility index (Phi) is 3.74. The van der Waals surface area contributed by atoms with E-state index in [1.807, 2.05) is 31.4 Å². The molecule has 1 aliphatic rings. The summed E-state index contributed by atoms with van der Waals surface area (Å²) in [6.07, 6.45) is 6.42. The summed E-state index contributed by atoms with van der Waals surface area (Å²) in [4.78, 5) is 22.4. The summed E-state index contributed by atoms with van der Waals surface area (Å²) in [5, 5.41) is 0. The van der Waals surface area contributed by atoms with Crippen LogP contribution in [0, 0.1) is 0 Å². The van der Waals surface area contributed by atoms with Crippen molar-refractivity contribution in [2.75, 3.05) is 19.7 Å². The molecule has 0 spiro atoms. The summed E-state index contributed by atoms with van der Waals surface area (Å²) in [5.41, 5.74) is 1.18. The number of ether oxygens (including phenoxy) is 2. The van der Waals surface area contributed by atoms with E-state index in [1.165, 1.54) is 0 Å². The number of carbonyl (C=O) groups excluding carboxylic acids is 1. The molecule has 3 rings (SSSR count). The molecular weight excluding hydrogens is 284 g/mol. The molecule has 0 N–H and O–H groups in total. The van der Waals surface area contributed by atoms with Gasteiger partial charge in [0.2, 0.25) is 0 Å². The highest BCUT2D eigenvalue weighted by Crippen LogP contribution is 2.25. The molecule has 22 heavy (non-hydrogen) atoms. The molecule has 0 aromatic carbocycles. The zero-order valence-electron chi connectivity index (χ0n) is 13.0. The number of hydrogen-bond acceptors (Lipinski definition) is 5. The first-order valence-electron chi connectivity index (χ1n) is 7.30. The molecular formula is C15H20N4O3. The lowest BCUT2D eigenvalue weighted by Gasteiger charge is -2.33. The van der Waals surface area contributed by atoms with Crippen LogP contribution in [-0.4, -0.2) is 50.7 Å². The Balaban J connectivity index is 1.77. The van der Waals surface area contributed by atoms with E-state index in [0.717, 1.165) is 11.2 Å². The van der Waals surface area contributed by atoms with Gasteiger partial charge in [-0.25, -0.2) is 9.78 Å². The van der Waals surface area contributed by atoms with Gasteiger partial charge in [0.05, 0.1) is 36.9 Å². The van der Waals surface area contributed by atoms with E-state index < -0.39 is 5.60 Å². The Morgan fingerprint density at radius 1 is 1.45 bits per heavy atom. The molecule has 0 saturated carbocycles. The number of fused-ring (bicyclic) bond motifs is 1. The molecule has 1 aliphatic heterocycles. The van der Waals surface area contributed by atoms with Crippen LogP contribution in [0.25, 0.3) is 5.52 Å². The highest BCUT2D eigenvalue weighted by Gasteiger charge is 2.30. The number of aromatic nitrogens is 3. The molecule has 0 radical (unpaired) electrons. The van der Waals surface area contributed by atoms with Gasteiger partial charge >= 0.3 is 6.09 Å². The van der Waals surface area contributed by atoms with E-state index in [0.29, 0.717) is 19.7 Å². The Morgan fingerprint density at radius 2 is 2.27 bits per heavy atom. The van der Waals surface area contributed by atoms with E-state index in [1.54, 1.807) is 23.6 Å². The van der Waals surface area contributed by atoms with Crippen molar-refractivity contribution in [1.82, 2.24) is 19.3 Å². The minimum Gasteiger partial charge on any atom is -0.444 e. The smallest absolute Gasteiger partial charge is 0.410 e. The molecule has 7 nitrogen and oxygen atoms in total. The second-order valence-electron chi connectivity index (χ2n) is 6.28. The molecule has 1 atom stereocenters. The first-order valence-corrected chi connectivity index (χ1v) is 7.30. The summed E-state index contributed by atoms with van der Waals surface area (Å²) in [5.74, 6) is 0. The molecule has 2 aromatic rings. The van der Waals surface area contributed by atoms with Crippen molar-refractivity contribution in [2.24, 2.45) is 0 Å². The molecule has 7 heteroatoms. The quantitative estimate of drug-likeness (QED) is 0.806. The van der Waals surface area contributed by atoms with Gasteiger partial charge in [-0.05, 0) is 20.8 Å². The van der Waals surface area contributed by atoms with Gasteiger partial charge in [-0.2, -0.15) is 0 Å². The first-order chi connectivity index (χ1) is 10.4. The van der Waals surface area contributed by atoms with Crippen molar-refractivity contribution in [3.63, 3.8) is 0 Å². The minimum atomic E-state index is -0.504. The van der Waals surface area contributed by atoms with Crippen LogP contribution in [0.3, 0.4) is 0 Å². The van der Waals surface area contributed by atoms with E-state index in [2.05, 4.69) is 9.97 Å². The third kappa shape index (κ3) is 3.04. The van der Waals surface area contributed by atoms with Gasteiger partial charge in [0.1, 0.15) is 11.7 Å². The summed E-state index contributed by atoms with van der Waals surface area (Å²) < 4.78 is 13.1. The van der Waals surface area contributed by atoms with Crippen LogP contribution >= 0.6 is 0 Å². The van der Waals surface area contributed by atoms with E-state index in [4.69, 9.17) is 9.47 Å². The zero-order valence-corrected chi connectivity index (χ0v) is 13.0. The maximum atomic E-state index is 12.2. The lowest BCUT2D eigenvalue weighted by Crippen LogP contribution is -2.44. The topological polar surface area (TPSA) is 69.0 Å². The number of amides is 1. The second kappa shape index (κ2) is 5.57. The highest BCUT2D eigenvalue weighted by molar-refractivity contribution is 5.68.